The Balaban J connectivity index is 1.16. The highest BCUT2D eigenvalue weighted by Gasteiger charge is 2.49. The fraction of sp³-hybridized carbons (Fsp3) is 0.355. The average molecular weight is 594 g/mol. The van der Waals surface area contributed by atoms with Gasteiger partial charge in [-0.15, -0.1) is 0 Å². The zero-order valence-corrected chi connectivity index (χ0v) is 24.5. The van der Waals surface area contributed by atoms with E-state index < -0.39 is 9.84 Å². The Morgan fingerprint density at radius 3 is 2.25 bits per heavy atom. The van der Waals surface area contributed by atoms with E-state index in [9.17, 15) is 13.2 Å². The molecule has 3 saturated heterocycles. The Bertz CT molecular complexity index is 1490. The number of hydrogen-bond acceptors (Lipinski definition) is 5. The van der Waals surface area contributed by atoms with Crippen molar-refractivity contribution in [3.63, 3.8) is 0 Å². The van der Waals surface area contributed by atoms with Crippen molar-refractivity contribution in [2.24, 2.45) is 10.9 Å². The Morgan fingerprint density at radius 2 is 1.55 bits per heavy atom. The van der Waals surface area contributed by atoms with Gasteiger partial charge in [0.2, 0.25) is 0 Å². The zero-order chi connectivity index (χ0) is 27.7. The lowest BCUT2D eigenvalue weighted by atomic mass is 9.90. The highest BCUT2D eigenvalue weighted by molar-refractivity contribution is 8.16. The summed E-state index contributed by atoms with van der Waals surface area (Å²) < 4.78 is 24.9. The monoisotopic (exact) mass is 593 g/mol. The summed E-state index contributed by atoms with van der Waals surface area (Å²) in [4.78, 5) is 21.8. The van der Waals surface area contributed by atoms with Crippen LogP contribution >= 0.6 is 23.4 Å². The number of anilines is 2. The second-order valence-corrected chi connectivity index (χ2v) is 14.7. The predicted octanol–water partition coefficient (Wildman–Crippen LogP) is 5.64. The molecule has 1 amide bonds. The lowest BCUT2D eigenvalue weighted by molar-refractivity contribution is -0.117. The Morgan fingerprint density at radius 1 is 0.875 bits per heavy atom. The van der Waals surface area contributed by atoms with Gasteiger partial charge in [-0.1, -0.05) is 65.8 Å². The van der Waals surface area contributed by atoms with Gasteiger partial charge in [-0.05, 0) is 72.7 Å². The number of thioether (sulfide) groups is 1. The van der Waals surface area contributed by atoms with Gasteiger partial charge >= 0.3 is 0 Å². The zero-order valence-electron chi connectivity index (χ0n) is 22.2. The number of halogens is 1. The number of rotatable bonds is 6. The van der Waals surface area contributed by atoms with Crippen LogP contribution < -0.4 is 9.80 Å². The normalized spacial score (nSPS) is 23.5. The second kappa shape index (κ2) is 11.6. The van der Waals surface area contributed by atoms with E-state index in [1.165, 1.54) is 23.0 Å². The van der Waals surface area contributed by atoms with Crippen molar-refractivity contribution in [3.8, 4) is 0 Å². The number of nitrogens with zero attached hydrogens (tertiary/aromatic N) is 3. The fourth-order valence-corrected chi connectivity index (χ4v) is 10.0. The van der Waals surface area contributed by atoms with Gasteiger partial charge in [0.25, 0.3) is 5.91 Å². The van der Waals surface area contributed by atoms with Crippen molar-refractivity contribution < 1.29 is 13.2 Å². The molecule has 3 aromatic rings. The molecule has 2 atom stereocenters. The van der Waals surface area contributed by atoms with Crippen molar-refractivity contribution in [3.05, 3.63) is 95.0 Å². The van der Waals surface area contributed by atoms with Crippen LogP contribution in [0.25, 0.3) is 0 Å². The number of aliphatic imine (C=N–C) groups is 1. The lowest BCUT2D eigenvalue weighted by Crippen LogP contribution is -2.38. The van der Waals surface area contributed by atoms with Gasteiger partial charge in [0.1, 0.15) is 0 Å². The molecule has 0 aliphatic carbocycles. The van der Waals surface area contributed by atoms with Crippen LogP contribution in [-0.4, -0.2) is 55.4 Å². The van der Waals surface area contributed by atoms with E-state index in [0.29, 0.717) is 16.1 Å². The first-order chi connectivity index (χ1) is 19.3. The maximum absolute atomic E-state index is 12.9. The summed E-state index contributed by atoms with van der Waals surface area (Å²) in [6.07, 6.45) is 3.62. The number of carbonyl (C=O) groups excluding carboxylic acids is 1. The first kappa shape index (κ1) is 27.4. The molecule has 0 unspecified atom stereocenters. The summed E-state index contributed by atoms with van der Waals surface area (Å²) in [6.45, 7) is 2.04. The van der Waals surface area contributed by atoms with Crippen molar-refractivity contribution in [2.75, 3.05) is 34.4 Å². The van der Waals surface area contributed by atoms with E-state index >= 15 is 0 Å². The largest absolute Gasteiger partial charge is 0.372 e. The Kier molecular flexibility index (Phi) is 7.93. The highest BCUT2D eigenvalue weighted by atomic mass is 35.5. The first-order valence-electron chi connectivity index (χ1n) is 13.7. The molecule has 3 fully saturated rings. The van der Waals surface area contributed by atoms with Gasteiger partial charge in [-0.2, -0.15) is 4.99 Å². The number of piperidine rings is 1. The minimum absolute atomic E-state index is 0.0751. The van der Waals surface area contributed by atoms with E-state index in [0.717, 1.165) is 43.6 Å². The number of amides is 1. The van der Waals surface area contributed by atoms with Gasteiger partial charge in [0, 0.05) is 34.7 Å². The minimum Gasteiger partial charge on any atom is -0.372 e. The maximum Gasteiger partial charge on any atom is 0.252 e. The van der Waals surface area contributed by atoms with E-state index in [1.807, 2.05) is 29.2 Å². The predicted molar refractivity (Wildman–Crippen MR) is 165 cm³/mol. The quantitative estimate of drug-likeness (QED) is 0.368. The number of amidine groups is 1. The van der Waals surface area contributed by atoms with Crippen LogP contribution in [0.3, 0.4) is 0 Å². The summed E-state index contributed by atoms with van der Waals surface area (Å²) in [7, 11) is -3.13. The van der Waals surface area contributed by atoms with Crippen LogP contribution in [0.2, 0.25) is 5.02 Å². The third kappa shape index (κ3) is 6.24. The summed E-state index contributed by atoms with van der Waals surface area (Å²) in [5, 5.41) is 1.07. The van der Waals surface area contributed by atoms with Gasteiger partial charge in [-0.3, -0.25) is 4.79 Å². The molecule has 3 aliphatic rings. The molecule has 208 valence electrons. The number of benzene rings is 3. The van der Waals surface area contributed by atoms with Crippen molar-refractivity contribution in [2.45, 2.75) is 37.0 Å². The smallest absolute Gasteiger partial charge is 0.252 e. The Hall–Kier alpha value is -2.81. The first-order valence-corrected chi connectivity index (χ1v) is 16.8. The Labute approximate surface area is 245 Å². The standard InChI is InChI=1S/C31H32ClN3O3S2/c32-25-8-6-23(7-9-25)19-30(36)33-31-35(28-20-40(37,38)21-29(28)39-31)27-12-10-26(11-13-27)34-16-14-24(15-17-34)18-22-4-2-1-3-5-22/h1-13,24,28-29H,14-21H2/t28-,29+/m0/s1. The average Bonchev–Trinajstić information content (AvgIpc) is 3.41. The number of fused-ring (bicyclic) bond motifs is 1. The van der Waals surface area contributed by atoms with Crippen LogP contribution in [0.1, 0.15) is 24.0 Å². The molecule has 0 N–H and O–H groups in total. The molecular formula is C31H32ClN3O3S2. The van der Waals surface area contributed by atoms with E-state index in [1.54, 1.807) is 12.1 Å². The van der Waals surface area contributed by atoms with Crippen LogP contribution in [0.15, 0.2) is 83.9 Å². The molecule has 40 heavy (non-hydrogen) atoms. The molecule has 0 spiro atoms. The number of carbonyl (C=O) groups is 1. The molecule has 3 aliphatic heterocycles. The second-order valence-electron chi connectivity index (χ2n) is 10.9. The molecule has 0 radical (unpaired) electrons. The van der Waals surface area contributed by atoms with Gasteiger partial charge < -0.3 is 9.80 Å². The molecule has 3 heterocycles. The molecule has 6 nitrogen and oxygen atoms in total. The van der Waals surface area contributed by atoms with Crippen LogP contribution in [0.5, 0.6) is 0 Å². The molecular weight excluding hydrogens is 562 g/mol. The molecule has 6 rings (SSSR count). The number of hydrogen-bond donors (Lipinski definition) is 0. The molecule has 9 heteroatoms. The van der Waals surface area contributed by atoms with Gasteiger partial charge in [-0.25, -0.2) is 8.42 Å². The highest BCUT2D eigenvalue weighted by Crippen LogP contribution is 2.41. The van der Waals surface area contributed by atoms with Crippen LogP contribution in [0, 0.1) is 5.92 Å². The molecule has 0 aromatic heterocycles. The van der Waals surface area contributed by atoms with Gasteiger partial charge in [0.05, 0.1) is 24.0 Å². The molecule has 0 bridgehead atoms. The summed E-state index contributed by atoms with van der Waals surface area (Å²) in [6, 6.07) is 26.0. The summed E-state index contributed by atoms with van der Waals surface area (Å²) in [5.41, 5.74) is 4.29. The van der Waals surface area contributed by atoms with E-state index in [2.05, 4.69) is 52.4 Å². The third-order valence-electron chi connectivity index (χ3n) is 8.03. The van der Waals surface area contributed by atoms with Crippen molar-refractivity contribution in [1.82, 2.24) is 0 Å². The summed E-state index contributed by atoms with van der Waals surface area (Å²) >= 11 is 7.38. The minimum atomic E-state index is -3.13. The van der Waals surface area contributed by atoms with Crippen LogP contribution in [0.4, 0.5) is 11.4 Å². The molecule has 0 saturated carbocycles. The fourth-order valence-electron chi connectivity index (χ4n) is 5.96. The lowest BCUT2D eigenvalue weighted by Gasteiger charge is -2.34. The SMILES string of the molecule is O=C(Cc1ccc(Cl)cc1)N=C1S[C@@H]2CS(=O)(=O)C[C@@H]2N1c1ccc(N2CCC(Cc3ccccc3)CC2)cc1. The van der Waals surface area contributed by atoms with E-state index in [-0.39, 0.29) is 35.1 Å². The maximum atomic E-state index is 12.9. The third-order valence-corrected chi connectivity index (χ3v) is 11.5. The topological polar surface area (TPSA) is 70.0 Å². The summed E-state index contributed by atoms with van der Waals surface area (Å²) in [5.74, 6) is 0.628. The number of sulfone groups is 1. The van der Waals surface area contributed by atoms with E-state index in [4.69, 9.17) is 11.6 Å². The van der Waals surface area contributed by atoms with Crippen LogP contribution in [-0.2, 0) is 27.5 Å². The molecule has 3 aromatic carbocycles. The van der Waals surface area contributed by atoms with Gasteiger partial charge in [0.15, 0.2) is 15.0 Å². The van der Waals surface area contributed by atoms with Crippen molar-refractivity contribution >= 4 is 55.6 Å². The van der Waals surface area contributed by atoms with Crippen molar-refractivity contribution in [1.29, 1.82) is 0 Å².